The maximum atomic E-state index is 13.1. The Morgan fingerprint density at radius 1 is 1.00 bits per heavy atom. The lowest BCUT2D eigenvalue weighted by Gasteiger charge is -2.22. The number of pyridine rings is 1. The van der Waals surface area contributed by atoms with Crippen LogP contribution in [-0.4, -0.2) is 30.0 Å². The van der Waals surface area contributed by atoms with Crippen LogP contribution in [0.4, 0.5) is 0 Å². The Balaban J connectivity index is 1.82. The first-order valence-electron chi connectivity index (χ1n) is 9.73. The van der Waals surface area contributed by atoms with E-state index in [0.717, 1.165) is 22.3 Å². The van der Waals surface area contributed by atoms with E-state index in [1.165, 1.54) is 0 Å². The van der Waals surface area contributed by atoms with Gasteiger partial charge in [0, 0.05) is 31.6 Å². The number of carbonyl (C=O) groups is 1. The fourth-order valence-electron chi connectivity index (χ4n) is 3.15. The Morgan fingerprint density at radius 2 is 1.80 bits per heavy atom. The molecular weight excluding hydrogens is 376 g/mol. The molecule has 3 rings (SSSR count). The number of amides is 1. The van der Waals surface area contributed by atoms with Crippen molar-refractivity contribution in [3.05, 3.63) is 95.3 Å². The first-order chi connectivity index (χ1) is 14.6. The van der Waals surface area contributed by atoms with Gasteiger partial charge in [-0.2, -0.15) is 0 Å². The molecule has 0 atom stereocenters. The van der Waals surface area contributed by atoms with E-state index in [9.17, 15) is 4.79 Å². The number of carbonyl (C=O) groups excluding carboxylic acids is 1. The number of hydrogen-bond donors (Lipinski definition) is 0. The van der Waals surface area contributed by atoms with Gasteiger partial charge in [-0.25, -0.2) is 0 Å². The molecule has 1 heterocycles. The largest absolute Gasteiger partial charge is 0.493 e. The molecular formula is C25H26N2O3. The van der Waals surface area contributed by atoms with Crippen LogP contribution in [0.25, 0.3) is 6.08 Å². The third-order valence-corrected chi connectivity index (χ3v) is 4.86. The molecule has 3 aromatic rings. The maximum absolute atomic E-state index is 13.1. The molecule has 0 fully saturated rings. The smallest absolute Gasteiger partial charge is 0.247 e. The molecule has 0 N–H and O–H groups in total. The molecule has 0 radical (unpaired) electrons. The van der Waals surface area contributed by atoms with Crippen molar-refractivity contribution in [3.63, 3.8) is 0 Å². The minimum absolute atomic E-state index is 0.0723. The van der Waals surface area contributed by atoms with Crippen LogP contribution in [0.1, 0.15) is 22.3 Å². The first kappa shape index (κ1) is 21.1. The molecule has 0 aliphatic heterocycles. The summed E-state index contributed by atoms with van der Waals surface area (Å²) in [6.07, 6.45) is 6.90. The van der Waals surface area contributed by atoms with Crippen molar-refractivity contribution >= 4 is 12.0 Å². The molecule has 0 spiro atoms. The molecule has 0 saturated heterocycles. The Kier molecular flexibility index (Phi) is 7.22. The minimum atomic E-state index is -0.0723. The lowest BCUT2D eigenvalue weighted by molar-refractivity contribution is -0.127. The van der Waals surface area contributed by atoms with E-state index in [2.05, 4.69) is 24.0 Å². The molecule has 0 aliphatic rings. The van der Waals surface area contributed by atoms with Gasteiger partial charge in [0.05, 0.1) is 14.2 Å². The number of aromatic nitrogens is 1. The maximum Gasteiger partial charge on any atom is 0.247 e. The van der Waals surface area contributed by atoms with E-state index in [4.69, 9.17) is 9.47 Å². The molecule has 2 aromatic carbocycles. The van der Waals surface area contributed by atoms with Gasteiger partial charge in [0.25, 0.3) is 0 Å². The summed E-state index contributed by atoms with van der Waals surface area (Å²) >= 11 is 0. The summed E-state index contributed by atoms with van der Waals surface area (Å²) in [4.78, 5) is 19.1. The number of methoxy groups -OCH3 is 2. The molecule has 154 valence electrons. The normalized spacial score (nSPS) is 10.8. The van der Waals surface area contributed by atoms with E-state index in [-0.39, 0.29) is 5.91 Å². The SMILES string of the molecule is COc1ccc(C=CC(=O)N(Cc2cccnc2)Cc2ccccc2C)cc1OC. The molecule has 30 heavy (non-hydrogen) atoms. The predicted octanol–water partition coefficient (Wildman–Crippen LogP) is 4.65. The van der Waals surface area contributed by atoms with Crippen molar-refractivity contribution < 1.29 is 14.3 Å². The number of rotatable bonds is 8. The summed E-state index contributed by atoms with van der Waals surface area (Å²) in [7, 11) is 3.19. The van der Waals surface area contributed by atoms with Gasteiger partial charge in [-0.05, 0) is 53.5 Å². The van der Waals surface area contributed by atoms with Gasteiger partial charge in [0.15, 0.2) is 11.5 Å². The van der Waals surface area contributed by atoms with E-state index < -0.39 is 0 Å². The second-order valence-corrected chi connectivity index (χ2v) is 6.93. The molecule has 0 aliphatic carbocycles. The average molecular weight is 402 g/mol. The Morgan fingerprint density at radius 3 is 2.50 bits per heavy atom. The molecule has 1 aromatic heterocycles. The summed E-state index contributed by atoms with van der Waals surface area (Å²) < 4.78 is 10.6. The summed E-state index contributed by atoms with van der Waals surface area (Å²) in [5.41, 5.74) is 4.12. The van der Waals surface area contributed by atoms with Crippen molar-refractivity contribution in [2.45, 2.75) is 20.0 Å². The second kappa shape index (κ2) is 10.3. The molecule has 5 nitrogen and oxygen atoms in total. The van der Waals surface area contributed by atoms with Crippen LogP contribution in [0.2, 0.25) is 0 Å². The zero-order valence-electron chi connectivity index (χ0n) is 17.5. The number of ether oxygens (including phenoxy) is 2. The van der Waals surface area contributed by atoms with Crippen LogP contribution in [0.5, 0.6) is 11.5 Å². The molecule has 0 bridgehead atoms. The lowest BCUT2D eigenvalue weighted by Crippen LogP contribution is -2.28. The third kappa shape index (κ3) is 5.47. The number of aryl methyl sites for hydroxylation is 1. The zero-order chi connectivity index (χ0) is 21.3. The van der Waals surface area contributed by atoms with Gasteiger partial charge in [-0.1, -0.05) is 36.4 Å². The fourth-order valence-corrected chi connectivity index (χ4v) is 3.15. The molecule has 1 amide bonds. The summed E-state index contributed by atoms with van der Waals surface area (Å²) in [5.74, 6) is 1.20. The van der Waals surface area contributed by atoms with E-state index in [1.54, 1.807) is 38.8 Å². The van der Waals surface area contributed by atoms with Crippen LogP contribution in [0.15, 0.2) is 73.1 Å². The monoisotopic (exact) mass is 402 g/mol. The van der Waals surface area contributed by atoms with Gasteiger partial charge in [-0.15, -0.1) is 0 Å². The highest BCUT2D eigenvalue weighted by Crippen LogP contribution is 2.28. The molecule has 0 saturated carbocycles. The Hall–Kier alpha value is -3.60. The number of benzene rings is 2. The average Bonchev–Trinajstić information content (AvgIpc) is 2.78. The fraction of sp³-hybridized carbons (Fsp3) is 0.200. The highest BCUT2D eigenvalue weighted by atomic mass is 16.5. The summed E-state index contributed by atoms with van der Waals surface area (Å²) in [5, 5.41) is 0. The zero-order valence-corrected chi connectivity index (χ0v) is 17.5. The summed E-state index contributed by atoms with van der Waals surface area (Å²) in [6.45, 7) is 3.06. The van der Waals surface area contributed by atoms with Crippen LogP contribution in [0, 0.1) is 6.92 Å². The van der Waals surface area contributed by atoms with Gasteiger partial charge in [-0.3, -0.25) is 9.78 Å². The van der Waals surface area contributed by atoms with Gasteiger partial charge in [0.1, 0.15) is 0 Å². The minimum Gasteiger partial charge on any atom is -0.493 e. The second-order valence-electron chi connectivity index (χ2n) is 6.93. The first-order valence-corrected chi connectivity index (χ1v) is 9.73. The van der Waals surface area contributed by atoms with Crippen LogP contribution < -0.4 is 9.47 Å². The van der Waals surface area contributed by atoms with Gasteiger partial charge >= 0.3 is 0 Å². The van der Waals surface area contributed by atoms with Crippen molar-refractivity contribution in [1.29, 1.82) is 0 Å². The predicted molar refractivity (Wildman–Crippen MR) is 118 cm³/mol. The van der Waals surface area contributed by atoms with Gasteiger partial charge < -0.3 is 14.4 Å². The van der Waals surface area contributed by atoms with Crippen LogP contribution >= 0.6 is 0 Å². The van der Waals surface area contributed by atoms with Crippen molar-refractivity contribution in [2.75, 3.05) is 14.2 Å². The van der Waals surface area contributed by atoms with Crippen molar-refractivity contribution in [2.24, 2.45) is 0 Å². The standard InChI is InChI=1S/C25H26N2O3/c1-19-7-4-5-9-22(19)18-27(17-21-8-6-14-26-16-21)25(28)13-11-20-10-12-23(29-2)24(15-20)30-3/h4-16H,17-18H2,1-3H3. The molecule has 5 heteroatoms. The van der Waals surface area contributed by atoms with Crippen molar-refractivity contribution in [1.82, 2.24) is 9.88 Å². The topological polar surface area (TPSA) is 51.7 Å². The van der Waals surface area contributed by atoms with E-state index >= 15 is 0 Å². The van der Waals surface area contributed by atoms with Gasteiger partial charge in [0.2, 0.25) is 5.91 Å². The highest BCUT2D eigenvalue weighted by molar-refractivity contribution is 5.91. The van der Waals surface area contributed by atoms with E-state index in [1.807, 2.05) is 47.4 Å². The Bertz CT molecular complexity index is 1020. The van der Waals surface area contributed by atoms with Crippen LogP contribution in [-0.2, 0) is 17.9 Å². The number of hydrogen-bond acceptors (Lipinski definition) is 4. The Labute approximate surface area is 177 Å². The third-order valence-electron chi connectivity index (χ3n) is 4.86. The van der Waals surface area contributed by atoms with E-state index in [0.29, 0.717) is 24.6 Å². The highest BCUT2D eigenvalue weighted by Gasteiger charge is 2.14. The number of nitrogens with zero attached hydrogens (tertiary/aromatic N) is 2. The van der Waals surface area contributed by atoms with Crippen LogP contribution in [0.3, 0.4) is 0 Å². The van der Waals surface area contributed by atoms with Crippen molar-refractivity contribution in [3.8, 4) is 11.5 Å². The summed E-state index contributed by atoms with van der Waals surface area (Å²) in [6, 6.07) is 17.5. The lowest BCUT2D eigenvalue weighted by atomic mass is 10.1. The molecule has 0 unspecified atom stereocenters. The quantitative estimate of drug-likeness (QED) is 0.515.